The molecule has 2 nitrogen and oxygen atoms in total. The lowest BCUT2D eigenvalue weighted by atomic mass is 9.98. The molecule has 30 heavy (non-hydrogen) atoms. The van der Waals surface area contributed by atoms with Gasteiger partial charge in [0.25, 0.3) is 0 Å². The molecule has 3 aromatic carbocycles. The molecule has 0 radical (unpaired) electrons. The van der Waals surface area contributed by atoms with Crippen molar-refractivity contribution in [1.82, 2.24) is 0 Å². The number of benzene rings is 3. The second-order valence-electron chi connectivity index (χ2n) is 7.80. The molecule has 0 aliphatic heterocycles. The highest BCUT2D eigenvalue weighted by molar-refractivity contribution is 5.98. The Morgan fingerprint density at radius 2 is 1.37 bits per heavy atom. The Kier molecular flexibility index (Phi) is 4.48. The van der Waals surface area contributed by atoms with Crippen molar-refractivity contribution in [2.45, 2.75) is 13.8 Å². The molecule has 0 spiro atoms. The van der Waals surface area contributed by atoms with Crippen molar-refractivity contribution in [1.29, 1.82) is 0 Å². The summed E-state index contributed by atoms with van der Waals surface area (Å²) >= 11 is 0. The molecule has 0 amide bonds. The minimum absolute atomic E-state index is 0.865. The first-order valence-electron chi connectivity index (χ1n) is 10.2. The molecule has 2 aromatic heterocycles. The average Bonchev–Trinajstić information content (AvgIpc) is 2.79. The number of methoxy groups -OCH3 is 1. The van der Waals surface area contributed by atoms with E-state index in [1.165, 1.54) is 38.7 Å². The molecule has 0 aliphatic rings. The zero-order valence-electron chi connectivity index (χ0n) is 17.5. The SMILES string of the molecule is COc1ccc(-c2cccc3c4cc(C)cc(C)c4cc(-c4ccccc4)[n+]23)cc1. The van der Waals surface area contributed by atoms with Gasteiger partial charge >= 0.3 is 0 Å². The molecular weight excluding hydrogens is 366 g/mol. The van der Waals surface area contributed by atoms with Crippen molar-refractivity contribution >= 4 is 16.3 Å². The molecule has 2 heteroatoms. The fourth-order valence-electron chi connectivity index (χ4n) is 4.37. The van der Waals surface area contributed by atoms with Gasteiger partial charge in [0.1, 0.15) is 5.75 Å². The number of fused-ring (bicyclic) bond motifs is 3. The van der Waals surface area contributed by atoms with E-state index in [1.54, 1.807) is 7.11 Å². The van der Waals surface area contributed by atoms with E-state index in [0.29, 0.717) is 0 Å². The summed E-state index contributed by atoms with van der Waals surface area (Å²) < 4.78 is 7.75. The number of aryl methyl sites for hydroxylation is 2. The van der Waals surface area contributed by atoms with Crippen LogP contribution in [0.2, 0.25) is 0 Å². The van der Waals surface area contributed by atoms with Crippen LogP contribution in [0.3, 0.4) is 0 Å². The van der Waals surface area contributed by atoms with Crippen LogP contribution in [0.15, 0.2) is 91.0 Å². The van der Waals surface area contributed by atoms with E-state index in [0.717, 1.165) is 17.0 Å². The van der Waals surface area contributed by atoms with Crippen molar-refractivity contribution in [3.63, 3.8) is 0 Å². The highest BCUT2D eigenvalue weighted by Crippen LogP contribution is 2.30. The molecule has 0 atom stereocenters. The smallest absolute Gasteiger partial charge is 0.219 e. The van der Waals surface area contributed by atoms with Gasteiger partial charge in [0, 0.05) is 29.3 Å². The molecule has 0 unspecified atom stereocenters. The molecule has 0 fully saturated rings. The van der Waals surface area contributed by atoms with Gasteiger partial charge in [-0.05, 0) is 78.9 Å². The molecular formula is C28H24NO+. The van der Waals surface area contributed by atoms with Gasteiger partial charge in [-0.2, -0.15) is 4.40 Å². The minimum Gasteiger partial charge on any atom is -0.497 e. The zero-order chi connectivity index (χ0) is 20.7. The number of rotatable bonds is 3. The van der Waals surface area contributed by atoms with Gasteiger partial charge in [-0.15, -0.1) is 0 Å². The summed E-state index contributed by atoms with van der Waals surface area (Å²) in [6.07, 6.45) is 0. The second-order valence-corrected chi connectivity index (χ2v) is 7.80. The Morgan fingerprint density at radius 3 is 2.10 bits per heavy atom. The zero-order valence-corrected chi connectivity index (χ0v) is 17.5. The van der Waals surface area contributed by atoms with Crippen LogP contribution < -0.4 is 9.14 Å². The Hall–Kier alpha value is -3.65. The molecule has 2 heterocycles. The molecule has 0 aliphatic carbocycles. The first-order valence-corrected chi connectivity index (χ1v) is 10.2. The Morgan fingerprint density at radius 1 is 0.633 bits per heavy atom. The molecule has 146 valence electrons. The van der Waals surface area contributed by atoms with Crippen LogP contribution in [-0.4, -0.2) is 7.11 Å². The maximum atomic E-state index is 5.36. The van der Waals surface area contributed by atoms with Gasteiger partial charge in [-0.3, -0.25) is 0 Å². The highest BCUT2D eigenvalue weighted by atomic mass is 16.5. The molecule has 0 saturated carbocycles. The molecule has 0 bridgehead atoms. The summed E-state index contributed by atoms with van der Waals surface area (Å²) in [5.41, 5.74) is 8.52. The lowest BCUT2D eigenvalue weighted by molar-refractivity contribution is -0.485. The summed E-state index contributed by atoms with van der Waals surface area (Å²) in [7, 11) is 1.70. The maximum Gasteiger partial charge on any atom is 0.219 e. The van der Waals surface area contributed by atoms with E-state index in [2.05, 4.69) is 97.1 Å². The lowest BCUT2D eigenvalue weighted by Gasteiger charge is -2.11. The van der Waals surface area contributed by atoms with Gasteiger partial charge in [0.2, 0.25) is 16.9 Å². The summed E-state index contributed by atoms with van der Waals surface area (Å²) in [5.74, 6) is 0.865. The van der Waals surface area contributed by atoms with Gasteiger partial charge in [0.15, 0.2) is 0 Å². The Labute approximate surface area is 177 Å². The summed E-state index contributed by atoms with van der Waals surface area (Å²) in [4.78, 5) is 0. The third kappa shape index (κ3) is 3.02. The summed E-state index contributed by atoms with van der Waals surface area (Å²) in [6, 6.07) is 32.4. The fraction of sp³-hybridized carbons (Fsp3) is 0.107. The van der Waals surface area contributed by atoms with E-state index < -0.39 is 0 Å². The Balaban J connectivity index is 1.93. The van der Waals surface area contributed by atoms with Gasteiger partial charge in [0.05, 0.1) is 12.5 Å². The predicted octanol–water partition coefficient (Wildman–Crippen LogP) is 6.54. The number of hydrogen-bond donors (Lipinski definition) is 0. The van der Waals surface area contributed by atoms with Crippen molar-refractivity contribution in [3.05, 3.63) is 102 Å². The van der Waals surface area contributed by atoms with Crippen molar-refractivity contribution in [3.8, 4) is 28.3 Å². The molecule has 5 aromatic rings. The number of ether oxygens (including phenoxy) is 1. The third-order valence-corrected chi connectivity index (χ3v) is 5.77. The van der Waals surface area contributed by atoms with Crippen LogP contribution in [0.5, 0.6) is 5.75 Å². The second kappa shape index (κ2) is 7.31. The first kappa shape index (κ1) is 18.4. The number of pyridine rings is 2. The normalized spacial score (nSPS) is 11.2. The predicted molar refractivity (Wildman–Crippen MR) is 124 cm³/mol. The summed E-state index contributed by atoms with van der Waals surface area (Å²) in [6.45, 7) is 4.37. The molecule has 0 N–H and O–H groups in total. The van der Waals surface area contributed by atoms with Gasteiger partial charge in [-0.25, -0.2) is 0 Å². The lowest BCUT2D eigenvalue weighted by Crippen LogP contribution is -2.28. The van der Waals surface area contributed by atoms with Crippen molar-refractivity contribution in [2.24, 2.45) is 0 Å². The van der Waals surface area contributed by atoms with Gasteiger partial charge < -0.3 is 4.74 Å². The molecule has 0 saturated heterocycles. The van der Waals surface area contributed by atoms with Crippen LogP contribution in [0.25, 0.3) is 38.8 Å². The number of nitrogens with zero attached hydrogens (tertiary/aromatic N) is 1. The van der Waals surface area contributed by atoms with Crippen LogP contribution in [0.1, 0.15) is 11.1 Å². The topological polar surface area (TPSA) is 13.3 Å². The maximum absolute atomic E-state index is 5.36. The van der Waals surface area contributed by atoms with Crippen LogP contribution in [0.4, 0.5) is 0 Å². The number of aromatic nitrogens is 1. The standard InChI is InChI=1S/C28H24NO/c1-19-16-20(2)24-18-28(21-8-5-4-6-9-21)29-26(10-7-11-27(29)25(24)17-19)22-12-14-23(30-3)15-13-22/h4-18H,1-3H3/q+1. The van der Waals surface area contributed by atoms with Crippen LogP contribution in [-0.2, 0) is 0 Å². The molecule has 5 rings (SSSR count). The Bertz CT molecular complexity index is 1370. The van der Waals surface area contributed by atoms with Crippen LogP contribution >= 0.6 is 0 Å². The minimum atomic E-state index is 0.865. The first-order chi connectivity index (χ1) is 14.7. The fourth-order valence-corrected chi connectivity index (χ4v) is 4.37. The van der Waals surface area contributed by atoms with E-state index in [1.807, 2.05) is 12.1 Å². The van der Waals surface area contributed by atoms with E-state index in [4.69, 9.17) is 4.74 Å². The largest absolute Gasteiger partial charge is 0.497 e. The van der Waals surface area contributed by atoms with Crippen molar-refractivity contribution in [2.75, 3.05) is 7.11 Å². The third-order valence-electron chi connectivity index (χ3n) is 5.77. The summed E-state index contributed by atoms with van der Waals surface area (Å²) in [5, 5.41) is 2.58. The quantitative estimate of drug-likeness (QED) is 0.252. The van der Waals surface area contributed by atoms with Crippen LogP contribution in [0, 0.1) is 13.8 Å². The number of hydrogen-bond acceptors (Lipinski definition) is 1. The van der Waals surface area contributed by atoms with E-state index in [-0.39, 0.29) is 0 Å². The van der Waals surface area contributed by atoms with E-state index in [9.17, 15) is 0 Å². The van der Waals surface area contributed by atoms with Crippen molar-refractivity contribution < 1.29 is 9.14 Å². The average molecular weight is 391 g/mol. The highest BCUT2D eigenvalue weighted by Gasteiger charge is 2.22. The van der Waals surface area contributed by atoms with Gasteiger partial charge in [-0.1, -0.05) is 24.3 Å². The van der Waals surface area contributed by atoms with E-state index >= 15 is 0 Å². The monoisotopic (exact) mass is 390 g/mol.